The van der Waals surface area contributed by atoms with Crippen molar-refractivity contribution in [2.75, 3.05) is 25.5 Å². The summed E-state index contributed by atoms with van der Waals surface area (Å²) in [5.41, 5.74) is -0.735. The number of rotatable bonds is 7. The lowest BCUT2D eigenvalue weighted by atomic mass is 9.75. The minimum atomic E-state index is -1.22. The number of carbonyl (C=O) groups is 1. The molecule has 0 spiro atoms. The lowest BCUT2D eigenvalue weighted by Crippen LogP contribution is -2.56. The maximum atomic E-state index is 15.4. The first-order valence-electron chi connectivity index (χ1n) is 12.7. The summed E-state index contributed by atoms with van der Waals surface area (Å²) < 4.78 is 60.6. The summed E-state index contributed by atoms with van der Waals surface area (Å²) >= 11 is 0. The topological polar surface area (TPSA) is 85.8 Å². The van der Waals surface area contributed by atoms with Gasteiger partial charge in [0, 0.05) is 24.9 Å². The number of benzene rings is 1. The highest BCUT2D eigenvalue weighted by Crippen LogP contribution is 2.47. The summed E-state index contributed by atoms with van der Waals surface area (Å²) in [5.74, 6) is -3.71. The predicted octanol–water partition coefficient (Wildman–Crippen LogP) is 5.45. The molecule has 200 valence electrons. The van der Waals surface area contributed by atoms with Gasteiger partial charge in [-0.25, -0.2) is 18.6 Å². The van der Waals surface area contributed by atoms with Gasteiger partial charge in [0.15, 0.2) is 17.5 Å². The number of amides is 1. The highest BCUT2D eigenvalue weighted by atomic mass is 19.2. The molecule has 2 aromatic rings. The van der Waals surface area contributed by atoms with E-state index in [1.165, 1.54) is 13.2 Å². The summed E-state index contributed by atoms with van der Waals surface area (Å²) in [5, 5.41) is 2.47. The van der Waals surface area contributed by atoms with Crippen molar-refractivity contribution in [3.05, 3.63) is 35.9 Å². The Hall–Kier alpha value is -3.24. The zero-order valence-corrected chi connectivity index (χ0v) is 21.1. The number of carbonyl (C=O) groups excluding carboxylic acids is 1. The van der Waals surface area contributed by atoms with Crippen LogP contribution in [0.2, 0.25) is 0 Å². The number of anilines is 2. The molecule has 2 atom stereocenters. The number of halogens is 3. The van der Waals surface area contributed by atoms with E-state index in [1.54, 1.807) is 4.90 Å². The van der Waals surface area contributed by atoms with Gasteiger partial charge in [-0.15, -0.1) is 0 Å². The van der Waals surface area contributed by atoms with Crippen LogP contribution in [-0.4, -0.2) is 52.9 Å². The Kier molecular flexibility index (Phi) is 6.80. The van der Waals surface area contributed by atoms with Crippen molar-refractivity contribution in [2.45, 2.75) is 57.7 Å². The molecule has 8 nitrogen and oxygen atoms in total. The number of likely N-dealkylation sites (tertiary alicyclic amines) is 1. The summed E-state index contributed by atoms with van der Waals surface area (Å²) in [6, 6.07) is 2.14. The van der Waals surface area contributed by atoms with Crippen LogP contribution in [0.3, 0.4) is 0 Å². The van der Waals surface area contributed by atoms with Gasteiger partial charge < -0.3 is 24.4 Å². The first kappa shape index (κ1) is 25.4. The average molecular weight is 521 g/mol. The predicted molar refractivity (Wildman–Crippen MR) is 128 cm³/mol. The van der Waals surface area contributed by atoms with Gasteiger partial charge >= 0.3 is 6.09 Å². The second-order valence-electron chi connectivity index (χ2n) is 10.4. The fraction of sp³-hybridized carbons (Fsp3) is 0.577. The Balaban J connectivity index is 1.31. The third-order valence-electron chi connectivity index (χ3n) is 7.86. The van der Waals surface area contributed by atoms with E-state index in [9.17, 15) is 13.6 Å². The van der Waals surface area contributed by atoms with Gasteiger partial charge in [0.1, 0.15) is 29.5 Å². The van der Waals surface area contributed by atoms with Crippen LogP contribution in [0.15, 0.2) is 18.5 Å². The van der Waals surface area contributed by atoms with Gasteiger partial charge in [0.25, 0.3) is 5.88 Å². The molecule has 2 heterocycles. The van der Waals surface area contributed by atoms with Crippen LogP contribution in [0, 0.1) is 35.2 Å². The highest BCUT2D eigenvalue weighted by Gasteiger charge is 2.51. The summed E-state index contributed by atoms with van der Waals surface area (Å²) in [6.07, 6.45) is 4.85. The zero-order chi connectivity index (χ0) is 26.3. The van der Waals surface area contributed by atoms with Gasteiger partial charge in [-0.2, -0.15) is 9.37 Å². The Bertz CT molecular complexity index is 1160. The molecule has 1 aliphatic heterocycles. The number of hydrogen-bond donors (Lipinski definition) is 1. The number of hydrogen-bond acceptors (Lipinski definition) is 7. The quantitative estimate of drug-likeness (QED) is 0.520. The number of piperidine rings is 1. The van der Waals surface area contributed by atoms with Crippen molar-refractivity contribution < 1.29 is 32.2 Å². The second kappa shape index (κ2) is 9.90. The van der Waals surface area contributed by atoms with E-state index in [4.69, 9.17) is 14.2 Å². The van der Waals surface area contributed by atoms with Crippen molar-refractivity contribution in [3.63, 3.8) is 0 Å². The molecule has 2 unspecified atom stereocenters. The Labute approximate surface area is 213 Å². The Morgan fingerprint density at radius 1 is 1.11 bits per heavy atom. The van der Waals surface area contributed by atoms with Crippen molar-refractivity contribution >= 4 is 17.6 Å². The maximum Gasteiger partial charge on any atom is 0.410 e. The zero-order valence-electron chi connectivity index (χ0n) is 21.1. The molecule has 1 aromatic heterocycles. The molecule has 2 aliphatic carbocycles. The summed E-state index contributed by atoms with van der Waals surface area (Å²) in [4.78, 5) is 22.5. The number of methoxy groups -OCH3 is 1. The summed E-state index contributed by atoms with van der Waals surface area (Å²) in [7, 11) is 1.29. The fourth-order valence-corrected chi connectivity index (χ4v) is 5.48. The molecule has 11 heteroatoms. The van der Waals surface area contributed by atoms with Gasteiger partial charge in [-0.1, -0.05) is 20.3 Å². The molecule has 1 saturated heterocycles. The van der Waals surface area contributed by atoms with Crippen LogP contribution in [0.4, 0.5) is 29.5 Å². The van der Waals surface area contributed by atoms with E-state index < -0.39 is 17.5 Å². The molecular formula is C26H31F3N4O4. The lowest BCUT2D eigenvalue weighted by molar-refractivity contribution is -0.0469. The van der Waals surface area contributed by atoms with Gasteiger partial charge in [-0.3, -0.25) is 0 Å². The molecule has 2 saturated carbocycles. The molecule has 37 heavy (non-hydrogen) atoms. The number of aromatic nitrogens is 2. The molecule has 3 aliphatic rings. The third-order valence-corrected chi connectivity index (χ3v) is 7.86. The number of ether oxygens (including phenoxy) is 3. The van der Waals surface area contributed by atoms with Gasteiger partial charge in [0.05, 0.1) is 7.11 Å². The number of fused-ring (bicyclic) bond motifs is 2. The minimum Gasteiger partial charge on any atom is -0.494 e. The Morgan fingerprint density at radius 2 is 1.81 bits per heavy atom. The largest absolute Gasteiger partial charge is 0.494 e. The normalized spacial score (nSPS) is 24.0. The standard InChI is InChI=1S/C26H31F3N4O4/c1-14(2)26(9-10-26)37-25(34)33-11-15-5-4-6-16(12-33)22(15)36-24-20(29)23(30-13-31-24)32-21-18(35-3)8-7-17(27)19(21)28/h7-8,13-16,22H,4-6,9-12H2,1-3H3,(H,30,31,32). The Morgan fingerprint density at radius 3 is 2.43 bits per heavy atom. The molecule has 0 radical (unpaired) electrons. The molecule has 5 rings (SSSR count). The van der Waals surface area contributed by atoms with Crippen molar-refractivity contribution in [1.29, 1.82) is 0 Å². The van der Waals surface area contributed by atoms with Crippen LogP contribution >= 0.6 is 0 Å². The van der Waals surface area contributed by atoms with Crippen molar-refractivity contribution in [1.82, 2.24) is 14.9 Å². The van der Waals surface area contributed by atoms with Gasteiger partial charge in [-0.05, 0) is 43.7 Å². The minimum absolute atomic E-state index is 0.0132. The SMILES string of the molecule is COc1ccc(F)c(F)c1Nc1ncnc(OC2C3CCCC2CN(C(=O)OC2(C(C)C)CC2)C3)c1F. The van der Waals surface area contributed by atoms with E-state index in [0.717, 1.165) is 44.5 Å². The van der Waals surface area contributed by atoms with E-state index in [0.29, 0.717) is 13.1 Å². The summed E-state index contributed by atoms with van der Waals surface area (Å²) in [6.45, 7) is 5.04. The van der Waals surface area contributed by atoms with Crippen LogP contribution < -0.4 is 14.8 Å². The molecule has 3 fully saturated rings. The van der Waals surface area contributed by atoms with Crippen LogP contribution in [0.25, 0.3) is 0 Å². The van der Waals surface area contributed by atoms with E-state index >= 15 is 4.39 Å². The third kappa shape index (κ3) is 4.87. The highest BCUT2D eigenvalue weighted by molar-refractivity contribution is 5.69. The van der Waals surface area contributed by atoms with Crippen molar-refractivity contribution in [3.8, 4) is 11.6 Å². The number of nitrogens with one attached hydrogen (secondary N) is 1. The van der Waals surface area contributed by atoms with Gasteiger partial charge in [0.2, 0.25) is 5.82 Å². The van der Waals surface area contributed by atoms with Crippen LogP contribution in [0.1, 0.15) is 46.0 Å². The van der Waals surface area contributed by atoms with E-state index in [-0.39, 0.29) is 58.7 Å². The first-order valence-corrected chi connectivity index (χ1v) is 12.7. The molecular weight excluding hydrogens is 489 g/mol. The van der Waals surface area contributed by atoms with Crippen molar-refractivity contribution in [2.24, 2.45) is 17.8 Å². The average Bonchev–Trinajstić information content (AvgIpc) is 3.65. The molecule has 2 bridgehead atoms. The van der Waals surface area contributed by atoms with E-state index in [1.807, 2.05) is 0 Å². The number of nitrogens with zero attached hydrogens (tertiary/aromatic N) is 3. The smallest absolute Gasteiger partial charge is 0.410 e. The fourth-order valence-electron chi connectivity index (χ4n) is 5.48. The molecule has 1 aromatic carbocycles. The lowest BCUT2D eigenvalue weighted by Gasteiger charge is -2.46. The van der Waals surface area contributed by atoms with Crippen LogP contribution in [0.5, 0.6) is 11.6 Å². The molecule has 1 N–H and O–H groups in total. The molecule has 1 amide bonds. The van der Waals surface area contributed by atoms with Crippen LogP contribution in [-0.2, 0) is 4.74 Å². The first-order chi connectivity index (χ1) is 17.7. The monoisotopic (exact) mass is 520 g/mol. The second-order valence-corrected chi connectivity index (χ2v) is 10.4. The van der Waals surface area contributed by atoms with E-state index in [2.05, 4.69) is 29.1 Å². The maximum absolute atomic E-state index is 15.4.